The Hall–Kier alpha value is -2.39. The molecule has 8 nitrogen and oxygen atoms in total. The summed E-state index contributed by atoms with van der Waals surface area (Å²) in [5.41, 5.74) is 1.27. The van der Waals surface area contributed by atoms with Crippen molar-refractivity contribution in [2.24, 2.45) is 5.92 Å². The summed E-state index contributed by atoms with van der Waals surface area (Å²) in [6.45, 7) is 3.46. The number of aromatic nitrogens is 3. The van der Waals surface area contributed by atoms with Crippen LogP contribution in [0.4, 0.5) is 0 Å². The van der Waals surface area contributed by atoms with Gasteiger partial charge in [-0.3, -0.25) is 14.6 Å². The molecule has 2 aromatic heterocycles. The van der Waals surface area contributed by atoms with Crippen LogP contribution < -0.4 is 5.32 Å². The Balaban J connectivity index is 1.24. The molecule has 2 aliphatic rings. The second-order valence-electron chi connectivity index (χ2n) is 6.98. The molecular weight excluding hydrogens is 366 g/mol. The van der Waals surface area contributed by atoms with E-state index in [1.54, 1.807) is 11.1 Å². The maximum Gasteiger partial charge on any atom is 0.275 e. The third-order valence-electron chi connectivity index (χ3n) is 5.06. The summed E-state index contributed by atoms with van der Waals surface area (Å²) in [6, 6.07) is 5.62. The number of rotatable bonds is 5. The molecule has 1 N–H and O–H groups in total. The first-order chi connectivity index (χ1) is 13.1. The highest BCUT2D eigenvalue weighted by atomic mass is 32.1. The number of hydrogen-bond acceptors (Lipinski definition) is 7. The minimum absolute atomic E-state index is 0.00515. The zero-order chi connectivity index (χ0) is 18.8. The minimum Gasteiger partial charge on any atom is -0.372 e. The highest BCUT2D eigenvalue weighted by Gasteiger charge is 2.44. The monoisotopic (exact) mass is 387 g/mol. The van der Waals surface area contributed by atoms with Crippen molar-refractivity contribution < 1.29 is 14.3 Å². The molecule has 4 heterocycles. The SMILES string of the molecule is Cc1snnc1C(=O)N1C[C@@H]2C[C@H](CC(=O)NCc3ccccn3)O[C@@H]2C1. The first-order valence-corrected chi connectivity index (χ1v) is 9.78. The number of pyridine rings is 1. The summed E-state index contributed by atoms with van der Waals surface area (Å²) < 4.78 is 9.87. The van der Waals surface area contributed by atoms with Crippen LogP contribution in [0.25, 0.3) is 0 Å². The lowest BCUT2D eigenvalue weighted by molar-refractivity contribution is -0.124. The molecule has 3 atom stereocenters. The van der Waals surface area contributed by atoms with Crippen molar-refractivity contribution in [2.75, 3.05) is 13.1 Å². The van der Waals surface area contributed by atoms with E-state index in [2.05, 4.69) is 19.9 Å². The molecule has 0 unspecified atom stereocenters. The smallest absolute Gasteiger partial charge is 0.275 e. The van der Waals surface area contributed by atoms with E-state index in [0.29, 0.717) is 31.7 Å². The van der Waals surface area contributed by atoms with Crippen molar-refractivity contribution in [1.82, 2.24) is 24.8 Å². The van der Waals surface area contributed by atoms with Crippen LogP contribution >= 0.6 is 11.5 Å². The Morgan fingerprint density at radius 2 is 2.26 bits per heavy atom. The summed E-state index contributed by atoms with van der Waals surface area (Å²) >= 11 is 1.23. The lowest BCUT2D eigenvalue weighted by Gasteiger charge is -2.18. The van der Waals surface area contributed by atoms with Crippen molar-refractivity contribution in [1.29, 1.82) is 0 Å². The minimum atomic E-state index is -0.0938. The van der Waals surface area contributed by atoms with Gasteiger partial charge in [-0.15, -0.1) is 5.10 Å². The zero-order valence-corrected chi connectivity index (χ0v) is 15.8. The second-order valence-corrected chi connectivity index (χ2v) is 7.94. The van der Waals surface area contributed by atoms with E-state index in [4.69, 9.17) is 4.74 Å². The van der Waals surface area contributed by atoms with Gasteiger partial charge in [-0.1, -0.05) is 10.6 Å². The van der Waals surface area contributed by atoms with E-state index < -0.39 is 0 Å². The normalized spacial score (nSPS) is 24.0. The maximum atomic E-state index is 12.5. The molecule has 2 amide bonds. The predicted molar refractivity (Wildman–Crippen MR) is 98.0 cm³/mol. The van der Waals surface area contributed by atoms with Crippen LogP contribution in [-0.4, -0.2) is 56.6 Å². The molecule has 2 aliphatic heterocycles. The van der Waals surface area contributed by atoms with Crippen LogP contribution in [0, 0.1) is 12.8 Å². The van der Waals surface area contributed by atoms with E-state index in [1.807, 2.05) is 25.1 Å². The van der Waals surface area contributed by atoms with Gasteiger partial charge in [0, 0.05) is 25.2 Å². The molecule has 142 valence electrons. The molecule has 0 saturated carbocycles. The van der Waals surface area contributed by atoms with Gasteiger partial charge in [0.2, 0.25) is 5.91 Å². The number of amides is 2. The topological polar surface area (TPSA) is 97.3 Å². The number of hydrogen-bond donors (Lipinski definition) is 1. The molecule has 2 fully saturated rings. The number of nitrogens with one attached hydrogen (secondary N) is 1. The van der Waals surface area contributed by atoms with Crippen LogP contribution in [0.1, 0.15) is 33.9 Å². The molecule has 0 radical (unpaired) electrons. The number of aryl methyl sites for hydroxylation is 1. The van der Waals surface area contributed by atoms with E-state index in [-0.39, 0.29) is 29.9 Å². The van der Waals surface area contributed by atoms with Crippen molar-refractivity contribution in [3.8, 4) is 0 Å². The molecule has 0 aliphatic carbocycles. The highest BCUT2D eigenvalue weighted by molar-refractivity contribution is 7.05. The average Bonchev–Trinajstić information content (AvgIpc) is 3.35. The number of ether oxygens (including phenoxy) is 1. The lowest BCUT2D eigenvalue weighted by Crippen LogP contribution is -2.33. The van der Waals surface area contributed by atoms with Crippen LogP contribution in [0.5, 0.6) is 0 Å². The van der Waals surface area contributed by atoms with E-state index in [1.165, 1.54) is 11.5 Å². The molecule has 0 spiro atoms. The van der Waals surface area contributed by atoms with E-state index >= 15 is 0 Å². The number of nitrogens with zero attached hydrogens (tertiary/aromatic N) is 4. The molecule has 27 heavy (non-hydrogen) atoms. The van der Waals surface area contributed by atoms with Crippen LogP contribution in [0.15, 0.2) is 24.4 Å². The van der Waals surface area contributed by atoms with E-state index in [9.17, 15) is 9.59 Å². The number of carbonyl (C=O) groups excluding carboxylic acids is 2. The average molecular weight is 387 g/mol. The van der Waals surface area contributed by atoms with Crippen molar-refractivity contribution >= 4 is 23.3 Å². The Bertz CT molecular complexity index is 813. The Labute approximate surface area is 161 Å². The fraction of sp³-hybridized carbons (Fsp3) is 0.500. The van der Waals surface area contributed by atoms with Crippen molar-refractivity contribution in [3.05, 3.63) is 40.7 Å². The summed E-state index contributed by atoms with van der Waals surface area (Å²) in [6.07, 6.45) is 2.74. The fourth-order valence-corrected chi connectivity index (χ4v) is 4.17. The van der Waals surface area contributed by atoms with Gasteiger partial charge in [0.15, 0.2) is 5.69 Å². The first kappa shape index (κ1) is 18.0. The zero-order valence-electron chi connectivity index (χ0n) is 15.0. The summed E-state index contributed by atoms with van der Waals surface area (Å²) in [5, 5.41) is 6.82. The van der Waals surface area contributed by atoms with Crippen LogP contribution in [0.3, 0.4) is 0 Å². The van der Waals surface area contributed by atoms with Gasteiger partial charge in [0.25, 0.3) is 5.91 Å². The molecule has 2 aromatic rings. The molecule has 0 aromatic carbocycles. The van der Waals surface area contributed by atoms with Gasteiger partial charge in [-0.05, 0) is 37.0 Å². The molecule has 0 bridgehead atoms. The quantitative estimate of drug-likeness (QED) is 0.827. The second kappa shape index (κ2) is 7.69. The third kappa shape index (κ3) is 3.98. The Morgan fingerprint density at radius 1 is 1.37 bits per heavy atom. The summed E-state index contributed by atoms with van der Waals surface area (Å²) in [5.74, 6) is 0.154. The van der Waals surface area contributed by atoms with E-state index in [0.717, 1.165) is 17.0 Å². The largest absolute Gasteiger partial charge is 0.372 e. The Morgan fingerprint density at radius 3 is 2.96 bits per heavy atom. The first-order valence-electron chi connectivity index (χ1n) is 9.00. The van der Waals surface area contributed by atoms with Gasteiger partial charge in [0.05, 0.1) is 35.7 Å². The molecule has 4 rings (SSSR count). The van der Waals surface area contributed by atoms with Gasteiger partial charge in [-0.2, -0.15) is 0 Å². The van der Waals surface area contributed by atoms with Gasteiger partial charge in [0.1, 0.15) is 0 Å². The van der Waals surface area contributed by atoms with Gasteiger partial charge in [-0.25, -0.2) is 0 Å². The van der Waals surface area contributed by atoms with Gasteiger partial charge < -0.3 is 15.0 Å². The third-order valence-corrected chi connectivity index (χ3v) is 5.69. The molecular formula is C18H21N5O3S. The fourth-order valence-electron chi connectivity index (χ4n) is 3.71. The predicted octanol–water partition coefficient (Wildman–Crippen LogP) is 1.18. The molecule has 2 saturated heterocycles. The lowest BCUT2D eigenvalue weighted by atomic mass is 10.0. The van der Waals surface area contributed by atoms with Gasteiger partial charge >= 0.3 is 0 Å². The van der Waals surface area contributed by atoms with Crippen LogP contribution in [0.2, 0.25) is 0 Å². The Kier molecular flexibility index (Phi) is 5.13. The summed E-state index contributed by atoms with van der Waals surface area (Å²) in [4.78, 5) is 31.5. The maximum absolute atomic E-state index is 12.5. The summed E-state index contributed by atoms with van der Waals surface area (Å²) in [7, 11) is 0. The van der Waals surface area contributed by atoms with Crippen LogP contribution in [-0.2, 0) is 16.1 Å². The molecule has 9 heteroatoms. The standard InChI is InChI=1S/C18H21N5O3S/c1-11-17(21-22-27-11)18(25)23-9-12-6-14(26-15(12)10-23)7-16(24)20-8-13-4-2-3-5-19-13/h2-5,12,14-15H,6-10H2,1H3,(H,20,24)/t12-,14+,15+/m0/s1. The highest BCUT2D eigenvalue weighted by Crippen LogP contribution is 2.35. The van der Waals surface area contributed by atoms with Crippen molar-refractivity contribution in [2.45, 2.75) is 38.5 Å². The number of likely N-dealkylation sites (tertiary alicyclic amines) is 1. The van der Waals surface area contributed by atoms with Crippen molar-refractivity contribution in [3.63, 3.8) is 0 Å². The number of fused-ring (bicyclic) bond motifs is 1. The number of carbonyl (C=O) groups is 2.